The number of carbonyl (C=O) groups excluding carboxylic acids is 1. The molecule has 2 N–H and O–H groups in total. The van der Waals surface area contributed by atoms with Crippen LogP contribution in [0.5, 0.6) is 0 Å². The molecule has 2 aliphatic rings. The highest BCUT2D eigenvalue weighted by Crippen LogP contribution is 2.48. The number of carbonyl (C=O) groups is 1. The second kappa shape index (κ2) is 12.1. The lowest BCUT2D eigenvalue weighted by Gasteiger charge is -2.36. The molecule has 0 atom stereocenters. The highest BCUT2D eigenvalue weighted by atomic mass is 127. The number of halogens is 1. The number of amides is 1. The molecule has 7 nitrogen and oxygen atoms in total. The van der Waals surface area contributed by atoms with E-state index in [4.69, 9.17) is 4.74 Å². The van der Waals surface area contributed by atoms with Crippen molar-refractivity contribution in [3.63, 3.8) is 0 Å². The van der Waals surface area contributed by atoms with Crippen LogP contribution in [0.4, 0.5) is 0 Å². The molecular weight excluding hydrogens is 457 g/mol. The molecule has 0 radical (unpaired) electrons. The summed E-state index contributed by atoms with van der Waals surface area (Å²) in [5.41, 5.74) is 0.405. The van der Waals surface area contributed by atoms with Crippen LogP contribution in [0.15, 0.2) is 4.99 Å². The van der Waals surface area contributed by atoms with E-state index in [1.165, 1.54) is 12.8 Å². The summed E-state index contributed by atoms with van der Waals surface area (Å²) >= 11 is 0. The van der Waals surface area contributed by atoms with Crippen LogP contribution in [0, 0.1) is 5.41 Å². The molecule has 1 amide bonds. The van der Waals surface area contributed by atoms with Gasteiger partial charge in [0.05, 0.1) is 6.54 Å². The monoisotopic (exact) mass is 495 g/mol. The molecule has 1 saturated heterocycles. The fraction of sp³-hybridized carbons (Fsp3) is 0.895. The summed E-state index contributed by atoms with van der Waals surface area (Å²) in [4.78, 5) is 20.9. The molecule has 0 bridgehead atoms. The quantitative estimate of drug-likeness (QED) is 0.220. The van der Waals surface area contributed by atoms with E-state index < -0.39 is 0 Å². The van der Waals surface area contributed by atoms with Gasteiger partial charge in [-0.1, -0.05) is 0 Å². The molecule has 8 heteroatoms. The van der Waals surface area contributed by atoms with Crippen LogP contribution in [0.1, 0.15) is 40.0 Å². The second-order valence-corrected chi connectivity index (χ2v) is 7.83. The van der Waals surface area contributed by atoms with Crippen molar-refractivity contribution < 1.29 is 9.53 Å². The minimum absolute atomic E-state index is 0. The van der Waals surface area contributed by atoms with Gasteiger partial charge >= 0.3 is 0 Å². The van der Waals surface area contributed by atoms with Crippen molar-refractivity contribution in [1.29, 1.82) is 0 Å². The third-order valence-electron chi connectivity index (χ3n) is 5.26. The predicted octanol–water partition coefficient (Wildman–Crippen LogP) is 1.53. The van der Waals surface area contributed by atoms with Crippen molar-refractivity contribution in [2.45, 2.75) is 46.1 Å². The molecule has 0 aromatic rings. The van der Waals surface area contributed by atoms with Crippen molar-refractivity contribution in [3.8, 4) is 0 Å². The fourth-order valence-corrected chi connectivity index (χ4v) is 3.41. The Balaban J connectivity index is 0.00000364. The zero-order valence-corrected chi connectivity index (χ0v) is 19.8. The van der Waals surface area contributed by atoms with Gasteiger partial charge in [0.25, 0.3) is 0 Å². The summed E-state index contributed by atoms with van der Waals surface area (Å²) in [6, 6.07) is 0.198. The van der Waals surface area contributed by atoms with Gasteiger partial charge in [-0.2, -0.15) is 0 Å². The number of guanidine groups is 1. The summed E-state index contributed by atoms with van der Waals surface area (Å²) in [6.07, 6.45) is 3.69. The van der Waals surface area contributed by atoms with Gasteiger partial charge in [0, 0.05) is 59.0 Å². The highest BCUT2D eigenvalue weighted by molar-refractivity contribution is 14.0. The van der Waals surface area contributed by atoms with E-state index in [0.29, 0.717) is 12.0 Å². The zero-order valence-electron chi connectivity index (χ0n) is 17.4. The van der Waals surface area contributed by atoms with E-state index in [9.17, 15) is 4.79 Å². The number of piperazine rings is 1. The molecule has 0 aromatic heterocycles. The van der Waals surface area contributed by atoms with E-state index in [1.54, 1.807) is 0 Å². The van der Waals surface area contributed by atoms with Gasteiger partial charge in [-0.05, 0) is 45.4 Å². The Kier molecular flexibility index (Phi) is 10.9. The Morgan fingerprint density at radius 2 is 1.89 bits per heavy atom. The van der Waals surface area contributed by atoms with Gasteiger partial charge in [-0.3, -0.25) is 14.7 Å². The molecule has 0 unspecified atom stereocenters. The average Bonchev–Trinajstić information content (AvgIpc) is 3.36. The first-order valence-electron chi connectivity index (χ1n) is 10.0. The number of nitrogens with zero attached hydrogens (tertiary/aromatic N) is 3. The third-order valence-corrected chi connectivity index (χ3v) is 5.26. The van der Waals surface area contributed by atoms with E-state index >= 15 is 0 Å². The maximum Gasteiger partial charge on any atom is 0.234 e. The van der Waals surface area contributed by atoms with Crippen molar-refractivity contribution >= 4 is 35.8 Å². The lowest BCUT2D eigenvalue weighted by Crippen LogP contribution is -2.54. The Bertz CT molecular complexity index is 475. The molecule has 2 rings (SSSR count). The van der Waals surface area contributed by atoms with Gasteiger partial charge in [0.15, 0.2) is 5.96 Å². The van der Waals surface area contributed by atoms with Crippen LogP contribution in [-0.4, -0.2) is 87.2 Å². The summed E-state index contributed by atoms with van der Waals surface area (Å²) in [6.45, 7) is 12.7. The van der Waals surface area contributed by atoms with Crippen molar-refractivity contribution in [2.24, 2.45) is 10.4 Å². The minimum atomic E-state index is 0. The van der Waals surface area contributed by atoms with Crippen LogP contribution in [-0.2, 0) is 9.53 Å². The smallest absolute Gasteiger partial charge is 0.234 e. The van der Waals surface area contributed by atoms with E-state index in [2.05, 4.69) is 25.4 Å². The van der Waals surface area contributed by atoms with Gasteiger partial charge < -0.3 is 20.3 Å². The number of ether oxygens (including phenoxy) is 1. The molecule has 0 spiro atoms. The normalized spacial score (nSPS) is 19.6. The van der Waals surface area contributed by atoms with Crippen LogP contribution < -0.4 is 10.6 Å². The van der Waals surface area contributed by atoms with Crippen LogP contribution in [0.3, 0.4) is 0 Å². The van der Waals surface area contributed by atoms with Crippen molar-refractivity contribution in [1.82, 2.24) is 20.4 Å². The average molecular weight is 495 g/mol. The molecular formula is C19H38IN5O2. The minimum Gasteiger partial charge on any atom is -0.382 e. The summed E-state index contributed by atoms with van der Waals surface area (Å²) < 4.78 is 5.52. The first kappa shape index (κ1) is 24.4. The Hall–Kier alpha value is -0.610. The van der Waals surface area contributed by atoms with E-state index in [0.717, 1.165) is 58.3 Å². The first-order chi connectivity index (χ1) is 12.5. The third kappa shape index (κ3) is 8.51. The van der Waals surface area contributed by atoms with Gasteiger partial charge in [-0.15, -0.1) is 24.0 Å². The van der Waals surface area contributed by atoms with Crippen molar-refractivity contribution in [3.05, 3.63) is 0 Å². The number of nitrogens with one attached hydrogen (secondary N) is 2. The predicted molar refractivity (Wildman–Crippen MR) is 121 cm³/mol. The molecule has 1 heterocycles. The van der Waals surface area contributed by atoms with Crippen LogP contribution >= 0.6 is 24.0 Å². The van der Waals surface area contributed by atoms with Gasteiger partial charge in [0.2, 0.25) is 5.91 Å². The molecule has 1 saturated carbocycles. The molecule has 158 valence electrons. The molecule has 0 aromatic carbocycles. The second-order valence-electron chi connectivity index (χ2n) is 7.83. The summed E-state index contributed by atoms with van der Waals surface area (Å²) in [5.74, 6) is 1.10. The molecule has 1 aliphatic carbocycles. The Labute approximate surface area is 181 Å². The number of rotatable bonds is 9. The first-order valence-corrected chi connectivity index (χ1v) is 10.0. The number of hydrogen-bond donors (Lipinski definition) is 2. The lowest BCUT2D eigenvalue weighted by molar-refractivity contribution is -0.123. The van der Waals surface area contributed by atoms with Crippen molar-refractivity contribution in [2.75, 3.05) is 59.5 Å². The Morgan fingerprint density at radius 1 is 1.22 bits per heavy atom. The van der Waals surface area contributed by atoms with Gasteiger partial charge in [-0.25, -0.2) is 0 Å². The van der Waals surface area contributed by atoms with E-state index in [1.807, 2.05) is 27.8 Å². The lowest BCUT2D eigenvalue weighted by atomic mass is 10.0. The molecule has 1 aliphatic heterocycles. The standard InChI is InChI=1S/C19H37N5O2.HI/c1-5-26-13-8-19(6-7-19)15-21-18(20-4)24-11-9-23(10-12-24)14-17(25)22-16(2)3;/h16H,5-15H2,1-4H3,(H,20,21)(H,22,25);1H. The maximum atomic E-state index is 11.9. The summed E-state index contributed by atoms with van der Waals surface area (Å²) in [5, 5.41) is 6.53. The number of aliphatic imine (C=N–C) groups is 1. The van der Waals surface area contributed by atoms with E-state index in [-0.39, 0.29) is 35.9 Å². The zero-order chi connectivity index (χ0) is 19.0. The maximum absolute atomic E-state index is 11.9. The molecule has 27 heavy (non-hydrogen) atoms. The van der Waals surface area contributed by atoms with Crippen LogP contribution in [0.2, 0.25) is 0 Å². The van der Waals surface area contributed by atoms with Gasteiger partial charge in [0.1, 0.15) is 0 Å². The SMILES string of the molecule is CCOCCC1(CNC(=NC)N2CCN(CC(=O)NC(C)C)CC2)CC1.I. The summed E-state index contributed by atoms with van der Waals surface area (Å²) in [7, 11) is 1.85. The highest BCUT2D eigenvalue weighted by Gasteiger charge is 2.42. The number of hydrogen-bond acceptors (Lipinski definition) is 4. The topological polar surface area (TPSA) is 69.2 Å². The molecule has 2 fully saturated rings. The fourth-order valence-electron chi connectivity index (χ4n) is 3.41. The Morgan fingerprint density at radius 3 is 2.41 bits per heavy atom. The van der Waals surface area contributed by atoms with Crippen LogP contribution in [0.25, 0.3) is 0 Å². The largest absolute Gasteiger partial charge is 0.382 e.